The van der Waals surface area contributed by atoms with E-state index in [0.29, 0.717) is 118 Å². The molecule has 18 nitrogen and oxygen atoms in total. The van der Waals surface area contributed by atoms with Crippen molar-refractivity contribution in [3.63, 3.8) is 0 Å². The van der Waals surface area contributed by atoms with E-state index in [4.69, 9.17) is 42.9 Å². The Morgan fingerprint density at radius 3 is 1.43 bits per heavy atom. The maximum absolute atomic E-state index is 13.9. The zero-order valence-corrected chi connectivity index (χ0v) is 47.3. The predicted molar refractivity (Wildman–Crippen MR) is 311 cm³/mol. The minimum Gasteiger partial charge on any atom is -0.494 e. The van der Waals surface area contributed by atoms with Gasteiger partial charge in [-0.25, -0.2) is 14.6 Å². The lowest BCUT2D eigenvalue weighted by molar-refractivity contribution is -0.145. The number of ether oxygens (including phenoxy) is 8. The predicted octanol–water partition coefficient (Wildman–Crippen LogP) is 12.5. The molecule has 0 saturated heterocycles. The number of hydrogen-bond acceptors (Lipinski definition) is 19. The van der Waals surface area contributed by atoms with Crippen LogP contribution in [0.5, 0.6) is 34.5 Å². The first kappa shape index (κ1) is 61.4. The molecule has 1 heterocycles. The molecule has 82 heavy (non-hydrogen) atoms. The van der Waals surface area contributed by atoms with Crippen molar-refractivity contribution in [3.05, 3.63) is 122 Å². The van der Waals surface area contributed by atoms with Crippen LogP contribution in [-0.4, -0.2) is 79.7 Å². The first-order valence-corrected chi connectivity index (χ1v) is 29.1. The van der Waals surface area contributed by atoms with E-state index in [9.17, 15) is 28.8 Å². The number of carbonyl (C=O) groups is 6. The van der Waals surface area contributed by atoms with Gasteiger partial charge in [0.05, 0.1) is 66.5 Å². The second kappa shape index (κ2) is 32.9. The standard InChI is InChI=1S/C63H72N4O14S/c1-4-37-64-67(63-66-54-17-11-12-18-56(54)82-63)65-43-48-42-53(80-61(72)46-21-19-44(20-22-46)59(70)78-51-31-27-49(28-32-51)74-38-13-7-9-15-40-76-57(68)5-2)35-36-55(48)81-62(73)47-25-23-45(24-26-47)60(71)79-52-33-29-50(30-34-52)75-39-14-8-10-16-41-77-58(69)6-3/h5-6,11-12,17-18,27-37,42-47H,2-4,7-10,13-16,19-26,38-41H2,1H3/b64-37+,65-43+. The second-order valence-electron chi connectivity index (χ2n) is 19.9. The molecule has 2 aliphatic carbocycles. The van der Waals surface area contributed by atoms with Crippen LogP contribution in [0.4, 0.5) is 5.13 Å². The number of anilines is 1. The number of carbonyl (C=O) groups excluding carboxylic acids is 6. The Labute approximate surface area is 482 Å². The third-order valence-corrected chi connectivity index (χ3v) is 14.9. The molecule has 0 amide bonds. The van der Waals surface area contributed by atoms with E-state index >= 15 is 0 Å². The van der Waals surface area contributed by atoms with Crippen LogP contribution in [0, 0.1) is 23.7 Å². The molecule has 0 N–H and O–H groups in total. The topological polar surface area (TPSA) is 217 Å². The molecule has 19 heteroatoms. The van der Waals surface area contributed by atoms with Crippen molar-refractivity contribution in [1.29, 1.82) is 0 Å². The number of unbranched alkanes of at least 4 members (excludes halogenated alkanes) is 6. The summed E-state index contributed by atoms with van der Waals surface area (Å²) in [5.41, 5.74) is 1.13. The van der Waals surface area contributed by atoms with Crippen LogP contribution in [-0.2, 0) is 38.2 Å². The molecule has 2 aliphatic rings. The SMILES string of the molecule is C=CC(=O)OCCCCCCOc1ccc(OC(=O)C2CCC(C(=O)Oc3ccc(OC(=O)C4CCC(C(=O)Oc5ccc(OCCCCCCOC(=O)C=C)cc5)CC4)c(/C=N/N(/N=C/CC)c4nc5ccccc5s4)c3)CC2)cc1. The van der Waals surface area contributed by atoms with Gasteiger partial charge < -0.3 is 37.9 Å². The molecule has 0 bridgehead atoms. The Morgan fingerprint density at radius 1 is 0.537 bits per heavy atom. The van der Waals surface area contributed by atoms with Crippen LogP contribution in [0.1, 0.15) is 122 Å². The van der Waals surface area contributed by atoms with Crippen molar-refractivity contribution in [2.24, 2.45) is 33.9 Å². The quantitative estimate of drug-likeness (QED) is 0.0101. The lowest BCUT2D eigenvalue weighted by atomic mass is 9.82. The van der Waals surface area contributed by atoms with Gasteiger partial charge in [0.15, 0.2) is 0 Å². The summed E-state index contributed by atoms with van der Waals surface area (Å²) in [4.78, 5) is 81.1. The number of aromatic nitrogens is 1. The van der Waals surface area contributed by atoms with Crippen molar-refractivity contribution >= 4 is 74.9 Å². The van der Waals surface area contributed by atoms with E-state index in [2.05, 4.69) is 23.4 Å². The molecule has 1 aromatic heterocycles. The molecule has 5 aromatic rings. The molecule has 0 spiro atoms. The molecule has 0 unspecified atom stereocenters. The van der Waals surface area contributed by atoms with Crippen molar-refractivity contribution in [2.75, 3.05) is 31.5 Å². The van der Waals surface area contributed by atoms with Crippen molar-refractivity contribution in [1.82, 2.24) is 4.98 Å². The van der Waals surface area contributed by atoms with Crippen molar-refractivity contribution in [3.8, 4) is 34.5 Å². The highest BCUT2D eigenvalue weighted by Gasteiger charge is 2.34. The van der Waals surface area contributed by atoms with Gasteiger partial charge in [-0.15, -0.1) is 5.12 Å². The average Bonchev–Trinajstić information content (AvgIpc) is 4.16. The Morgan fingerprint density at radius 2 is 0.963 bits per heavy atom. The summed E-state index contributed by atoms with van der Waals surface area (Å²) in [6.45, 7) is 10.5. The lowest BCUT2D eigenvalue weighted by Crippen LogP contribution is -2.30. The van der Waals surface area contributed by atoms with E-state index in [1.54, 1.807) is 72.9 Å². The minimum atomic E-state index is -0.486. The maximum atomic E-state index is 13.9. The van der Waals surface area contributed by atoms with E-state index in [0.717, 1.165) is 73.7 Å². The van der Waals surface area contributed by atoms with Gasteiger partial charge in [0, 0.05) is 23.9 Å². The Hall–Kier alpha value is -8.19. The number of hydrazone groups is 2. The zero-order valence-electron chi connectivity index (χ0n) is 46.5. The number of hydrogen-bond donors (Lipinski definition) is 0. The van der Waals surface area contributed by atoms with Crippen molar-refractivity contribution in [2.45, 2.75) is 116 Å². The normalized spacial score (nSPS) is 16.9. The van der Waals surface area contributed by atoms with Gasteiger partial charge in [-0.2, -0.15) is 10.2 Å². The number of rotatable bonds is 31. The van der Waals surface area contributed by atoms with E-state index < -0.39 is 41.6 Å². The maximum Gasteiger partial charge on any atom is 0.330 e. The molecule has 434 valence electrons. The lowest BCUT2D eigenvalue weighted by Gasteiger charge is -2.26. The fourth-order valence-electron chi connectivity index (χ4n) is 9.22. The monoisotopic (exact) mass is 1140 g/mol. The highest BCUT2D eigenvalue weighted by Crippen LogP contribution is 2.36. The number of benzene rings is 4. The van der Waals surface area contributed by atoms with E-state index in [1.165, 1.54) is 22.7 Å². The summed E-state index contributed by atoms with van der Waals surface area (Å²) >= 11 is 1.41. The van der Waals surface area contributed by atoms with Gasteiger partial charge >= 0.3 is 35.8 Å². The molecule has 0 atom stereocenters. The van der Waals surface area contributed by atoms with Gasteiger partial charge in [-0.05, 0) is 188 Å². The van der Waals surface area contributed by atoms with Gasteiger partial charge in [-0.3, -0.25) is 19.2 Å². The highest BCUT2D eigenvalue weighted by atomic mass is 32.1. The third kappa shape index (κ3) is 19.8. The minimum absolute atomic E-state index is 0.185. The zero-order chi connectivity index (χ0) is 57.9. The molecule has 4 aromatic carbocycles. The Bertz CT molecular complexity index is 2950. The van der Waals surface area contributed by atoms with E-state index in [1.807, 2.05) is 31.2 Å². The molecule has 2 fully saturated rings. The molecular formula is C63H72N4O14S. The third-order valence-electron chi connectivity index (χ3n) is 13.9. The van der Waals surface area contributed by atoms with Gasteiger partial charge in [0.25, 0.3) is 0 Å². The van der Waals surface area contributed by atoms with E-state index in [-0.39, 0.29) is 29.4 Å². The first-order valence-electron chi connectivity index (χ1n) is 28.3. The number of nitrogens with zero attached hydrogens (tertiary/aromatic N) is 4. The number of esters is 6. The summed E-state index contributed by atoms with van der Waals surface area (Å²) < 4.78 is 46.1. The summed E-state index contributed by atoms with van der Waals surface area (Å²) in [6, 6.07) is 26.2. The van der Waals surface area contributed by atoms with Gasteiger partial charge in [0.1, 0.15) is 34.5 Å². The summed E-state index contributed by atoms with van der Waals surface area (Å²) in [5.74, 6) is -1.69. The van der Waals surface area contributed by atoms with Crippen LogP contribution in [0.25, 0.3) is 10.2 Å². The van der Waals surface area contributed by atoms with Crippen LogP contribution in [0.15, 0.2) is 127 Å². The van der Waals surface area contributed by atoms with Crippen LogP contribution < -0.4 is 33.5 Å². The second-order valence-corrected chi connectivity index (χ2v) is 20.9. The average molecular weight is 1140 g/mol. The smallest absolute Gasteiger partial charge is 0.330 e. The Kier molecular flexibility index (Phi) is 24.7. The number of fused-ring (bicyclic) bond motifs is 1. The van der Waals surface area contributed by atoms with Crippen LogP contribution in [0.2, 0.25) is 0 Å². The van der Waals surface area contributed by atoms with Crippen molar-refractivity contribution < 1.29 is 66.7 Å². The fourth-order valence-corrected chi connectivity index (χ4v) is 10.1. The van der Waals surface area contributed by atoms with Crippen LogP contribution in [0.3, 0.4) is 0 Å². The summed E-state index contributed by atoms with van der Waals surface area (Å²) in [7, 11) is 0. The highest BCUT2D eigenvalue weighted by molar-refractivity contribution is 7.22. The molecule has 0 radical (unpaired) electrons. The largest absolute Gasteiger partial charge is 0.494 e. The van der Waals surface area contributed by atoms with Crippen LogP contribution >= 0.6 is 11.3 Å². The summed E-state index contributed by atoms with van der Waals surface area (Å²) in [5, 5.41) is 11.1. The fraction of sp³-hybridized carbons (Fsp3) is 0.413. The number of thiazole rings is 1. The van der Waals surface area contributed by atoms with Gasteiger partial charge in [-0.1, -0.05) is 43.6 Å². The number of para-hydroxylation sites is 1. The molecule has 7 rings (SSSR count). The molecule has 0 aliphatic heterocycles. The Balaban J connectivity index is 0.899. The first-order chi connectivity index (χ1) is 40.0. The summed E-state index contributed by atoms with van der Waals surface area (Å²) in [6.07, 6.45) is 16.5. The van der Waals surface area contributed by atoms with Gasteiger partial charge in [0.2, 0.25) is 5.13 Å². The molecule has 2 saturated carbocycles. The molecular weight excluding hydrogens is 1070 g/mol.